The molecule has 3 aliphatic heterocycles. The molecule has 1 saturated heterocycles. The minimum atomic E-state index is -2.32. The molecule has 0 bridgehead atoms. The standard InChI is InChI=1S/C61H92N16O19S2/c1-6-34(2)52(70-48(82)26-62)57(88)66-27-49(83)68-43-33-98(92)59-40(23-35(3)67-58(89)53(36(4)45(80)31-78)71-56(87)44-24-38(79)30-76(44)60(90)42(25-47(63)81)69-55(43)86)39-9-10-46(93-5)41(54(39)72-59)32-97-22-8-7-13-64-61(91)65-14-16-94-18-20-96-21-19-95-17-15-75-28-37(73-74-75)29-77-50(84)11-12-51(77)85/h9-12,28,34-36,38,42-45,52-53,72,78-80H,6-8,13-27,29-33,62H2,1-5H3,(H2,63,81)(H,66,88)(H,67,89)(H,68,83)(H,69,86)(H,70,82)(H,71,87)(H2,64,65,91)/t34-,35+,36-,38+,42-,43?,44-,45-,52-,53-,98?/m0/s1. The number of primary amides is 1. The second-order valence-electron chi connectivity index (χ2n) is 23.8. The molecule has 37 heteroatoms. The molecule has 2 unspecified atom stereocenters. The van der Waals surface area contributed by atoms with Crippen LogP contribution in [0.4, 0.5) is 4.79 Å². The number of carbonyl (C=O) groups is 11. The van der Waals surface area contributed by atoms with Crippen LogP contribution in [-0.2, 0) is 98.2 Å². The summed E-state index contributed by atoms with van der Waals surface area (Å²) in [5.74, 6) is -9.17. The van der Waals surface area contributed by atoms with Crippen LogP contribution in [0.25, 0.3) is 10.9 Å². The highest BCUT2D eigenvalue weighted by Gasteiger charge is 2.45. The van der Waals surface area contributed by atoms with E-state index in [-0.39, 0.29) is 43.6 Å². The molecule has 1 fully saturated rings. The number of nitrogens with two attached hydrogens (primary N) is 2. The Morgan fingerprint density at radius 1 is 0.888 bits per heavy atom. The number of nitrogens with zero attached hydrogens (tertiary/aromatic N) is 5. The molecule has 542 valence electrons. The van der Waals surface area contributed by atoms with E-state index in [0.29, 0.717) is 110 Å². The average molecular weight is 1420 g/mol. The van der Waals surface area contributed by atoms with Crippen LogP contribution in [0, 0.1) is 11.8 Å². The second-order valence-corrected chi connectivity index (χ2v) is 26.3. The number of fused-ring (bicyclic) bond motifs is 4. The Bertz CT molecular complexity index is 3320. The fourth-order valence-electron chi connectivity index (χ4n) is 10.9. The van der Waals surface area contributed by atoms with Gasteiger partial charge in [0.25, 0.3) is 11.8 Å². The lowest BCUT2D eigenvalue weighted by Crippen LogP contribution is -2.61. The van der Waals surface area contributed by atoms with E-state index in [1.54, 1.807) is 43.8 Å². The molecule has 0 saturated carbocycles. The number of hydrogen-bond acceptors (Lipinski definition) is 23. The lowest BCUT2D eigenvalue weighted by molar-refractivity contribution is -0.144. The first kappa shape index (κ1) is 78.8. The van der Waals surface area contributed by atoms with Gasteiger partial charge in [0.15, 0.2) is 0 Å². The summed E-state index contributed by atoms with van der Waals surface area (Å²) in [6.07, 6.45) is 1.64. The number of rotatable bonds is 35. The number of thioether (sulfide) groups is 1. The highest BCUT2D eigenvalue weighted by molar-refractivity contribution is 7.98. The van der Waals surface area contributed by atoms with Crippen LogP contribution < -0.4 is 58.7 Å². The van der Waals surface area contributed by atoms with E-state index in [1.165, 1.54) is 37.9 Å². The van der Waals surface area contributed by atoms with E-state index in [4.69, 9.17) is 30.4 Å². The van der Waals surface area contributed by atoms with Gasteiger partial charge in [0.05, 0.1) is 126 Å². The first-order valence-electron chi connectivity index (χ1n) is 32.2. The van der Waals surface area contributed by atoms with Gasteiger partial charge in [-0.05, 0) is 55.6 Å². The first-order valence-corrected chi connectivity index (χ1v) is 34.7. The Morgan fingerprint density at radius 2 is 1.58 bits per heavy atom. The molecule has 12 amide bonds. The Balaban J connectivity index is 1.10. The number of amides is 12. The van der Waals surface area contributed by atoms with E-state index in [0.717, 1.165) is 9.80 Å². The number of urea groups is 1. The average Bonchev–Trinajstić information content (AvgIpc) is 1.62. The topological polar surface area (TPSA) is 504 Å². The van der Waals surface area contributed by atoms with Gasteiger partial charge in [0.1, 0.15) is 46.7 Å². The smallest absolute Gasteiger partial charge is 0.314 e. The van der Waals surface area contributed by atoms with Crippen molar-refractivity contribution in [2.24, 2.45) is 23.3 Å². The molecule has 1 aromatic carbocycles. The van der Waals surface area contributed by atoms with E-state index >= 15 is 4.21 Å². The lowest BCUT2D eigenvalue weighted by Gasteiger charge is -2.32. The van der Waals surface area contributed by atoms with Crippen molar-refractivity contribution >= 4 is 98.6 Å². The molecule has 5 heterocycles. The van der Waals surface area contributed by atoms with Gasteiger partial charge >= 0.3 is 6.03 Å². The van der Waals surface area contributed by atoms with Gasteiger partial charge in [-0.2, -0.15) is 11.8 Å². The normalized spacial score (nSPS) is 21.4. The molecule has 98 heavy (non-hydrogen) atoms. The third kappa shape index (κ3) is 23.2. The highest BCUT2D eigenvalue weighted by Crippen LogP contribution is 2.36. The number of aromatic amines is 1. The number of methoxy groups -OCH3 is 1. The number of aliphatic hydroxyl groups excluding tert-OH is 3. The zero-order chi connectivity index (χ0) is 71.6. The van der Waals surface area contributed by atoms with Crippen molar-refractivity contribution in [2.75, 3.05) is 97.6 Å². The summed E-state index contributed by atoms with van der Waals surface area (Å²) in [6, 6.07) is -5.65. The predicted molar refractivity (Wildman–Crippen MR) is 353 cm³/mol. The summed E-state index contributed by atoms with van der Waals surface area (Å²) < 4.78 is 39.3. The maximum atomic E-state index is 15.2. The van der Waals surface area contributed by atoms with Crippen LogP contribution in [0.2, 0.25) is 0 Å². The van der Waals surface area contributed by atoms with Crippen molar-refractivity contribution in [1.29, 1.82) is 0 Å². The Kier molecular flexibility index (Phi) is 31.7. The van der Waals surface area contributed by atoms with Crippen LogP contribution in [0.3, 0.4) is 0 Å². The summed E-state index contributed by atoms with van der Waals surface area (Å²) in [5.41, 5.74) is 13.0. The van der Waals surface area contributed by atoms with Crippen molar-refractivity contribution in [3.63, 3.8) is 0 Å². The first-order chi connectivity index (χ1) is 46.9. The fraction of sp³-hybridized carbons (Fsp3) is 0.623. The molecular weight excluding hydrogens is 1320 g/mol. The number of nitrogens with one attached hydrogen (secondary N) is 9. The number of carbonyl (C=O) groups excluding carboxylic acids is 11. The Hall–Kier alpha value is -8.17. The number of H-pyrrole nitrogens is 1. The maximum Gasteiger partial charge on any atom is 0.314 e. The second kappa shape index (κ2) is 39.4. The van der Waals surface area contributed by atoms with Gasteiger partial charge in [-0.3, -0.25) is 57.1 Å². The lowest BCUT2D eigenvalue weighted by atomic mass is 9.94. The summed E-state index contributed by atoms with van der Waals surface area (Å²) in [7, 11) is -0.844. The van der Waals surface area contributed by atoms with Gasteiger partial charge in [0, 0.05) is 66.9 Å². The van der Waals surface area contributed by atoms with Gasteiger partial charge in [0.2, 0.25) is 47.3 Å². The zero-order valence-corrected chi connectivity index (χ0v) is 57.1. The monoisotopic (exact) mass is 1420 g/mol. The van der Waals surface area contributed by atoms with Crippen LogP contribution in [0.15, 0.2) is 35.5 Å². The van der Waals surface area contributed by atoms with E-state index in [9.17, 15) is 68.1 Å². The Morgan fingerprint density at radius 3 is 2.26 bits per heavy atom. The van der Waals surface area contributed by atoms with Crippen molar-refractivity contribution in [3.05, 3.63) is 47.3 Å². The number of benzene rings is 1. The molecule has 6 rings (SSSR count). The number of imide groups is 1. The fourth-order valence-corrected chi connectivity index (χ4v) is 13.3. The van der Waals surface area contributed by atoms with Gasteiger partial charge in [-0.1, -0.05) is 32.4 Å². The molecule has 3 aliphatic rings. The number of aliphatic hydroxyl groups is 3. The van der Waals surface area contributed by atoms with E-state index in [1.807, 2.05) is 0 Å². The van der Waals surface area contributed by atoms with E-state index in [2.05, 4.69) is 57.8 Å². The van der Waals surface area contributed by atoms with E-state index < -0.39 is 169 Å². The molecular formula is C61H92N16O19S2. The third-order valence-electron chi connectivity index (χ3n) is 16.4. The van der Waals surface area contributed by atoms with Crippen molar-refractivity contribution < 1.29 is 91.2 Å². The van der Waals surface area contributed by atoms with Gasteiger partial charge < -0.3 is 98.2 Å². The number of unbranched alkanes of at least 4 members (excludes halogenated alkanes) is 1. The molecule has 35 nitrogen and oxygen atoms in total. The number of aromatic nitrogens is 4. The highest BCUT2D eigenvalue weighted by atomic mass is 32.2. The van der Waals surface area contributed by atoms with Crippen LogP contribution in [0.5, 0.6) is 5.75 Å². The largest absolute Gasteiger partial charge is 0.496 e. The third-order valence-corrected chi connectivity index (χ3v) is 18.9. The van der Waals surface area contributed by atoms with Crippen LogP contribution >= 0.6 is 11.8 Å². The van der Waals surface area contributed by atoms with Gasteiger partial charge in [-0.25, -0.2) is 9.48 Å². The summed E-state index contributed by atoms with van der Waals surface area (Å²) in [6.45, 7) is 6.93. The van der Waals surface area contributed by atoms with Crippen molar-refractivity contribution in [2.45, 2.75) is 139 Å². The minimum Gasteiger partial charge on any atom is -0.496 e. The zero-order valence-electron chi connectivity index (χ0n) is 55.5. The summed E-state index contributed by atoms with van der Waals surface area (Å²) in [5, 5.41) is 61.1. The van der Waals surface area contributed by atoms with Crippen molar-refractivity contribution in [1.82, 2.24) is 72.3 Å². The molecule has 0 spiro atoms. The van der Waals surface area contributed by atoms with Crippen molar-refractivity contribution in [3.8, 4) is 5.75 Å². The van der Waals surface area contributed by atoms with Crippen LogP contribution in [-0.4, -0.2) is 260 Å². The SMILES string of the molecule is CC[C@H](C)[C@H](NC(=O)CN)C(=O)NCC(=O)NC1CS(=O)c2[nH]c3c(CSCCCCNC(=O)NCCOCCOCCOCCn4cc(CN5C(=O)C=CC5=O)nn4)c(OC)ccc3c2C[C@@H](C)NC(=O)[C@H]([C@@H](C)[C@@H](O)CO)NC(=O)[C@@H]2C[C@@H](O)CN2C(=O)[C@H](CC(N)=O)NC1=O. The maximum absolute atomic E-state index is 15.2. The summed E-state index contributed by atoms with van der Waals surface area (Å²) in [4.78, 5) is 151. The molecule has 0 radical (unpaired) electrons. The number of ether oxygens (including phenoxy) is 4. The summed E-state index contributed by atoms with van der Waals surface area (Å²) >= 11 is 1.54. The number of hydrogen-bond donors (Lipinski definition) is 14. The molecule has 2 aromatic heterocycles. The molecule has 11 atom stereocenters. The Labute approximate surface area is 572 Å². The minimum absolute atomic E-state index is 0.0332. The van der Waals surface area contributed by atoms with Crippen LogP contribution in [0.1, 0.15) is 76.6 Å². The molecule has 16 N–H and O–H groups in total. The quantitative estimate of drug-likeness (QED) is 0.0194. The van der Waals surface area contributed by atoms with Gasteiger partial charge in [-0.15, -0.1) is 5.10 Å². The molecule has 3 aromatic rings. The molecule has 0 aliphatic carbocycles. The predicted octanol–water partition coefficient (Wildman–Crippen LogP) is -4.69.